The van der Waals surface area contributed by atoms with Crippen molar-refractivity contribution in [2.75, 3.05) is 13.7 Å². The van der Waals surface area contributed by atoms with E-state index >= 15 is 0 Å². The summed E-state index contributed by atoms with van der Waals surface area (Å²) in [6, 6.07) is 9.57. The maximum Gasteiger partial charge on any atom is 0.338 e. The van der Waals surface area contributed by atoms with Crippen LogP contribution in [-0.4, -0.2) is 34.7 Å². The summed E-state index contributed by atoms with van der Waals surface area (Å²) in [5, 5.41) is 13.6. The Morgan fingerprint density at radius 2 is 2.03 bits per heavy atom. The van der Waals surface area contributed by atoms with Crippen LogP contribution in [-0.2, 0) is 16.1 Å². The molecule has 2 aliphatic heterocycles. The summed E-state index contributed by atoms with van der Waals surface area (Å²) in [5.41, 5.74) is 2.72. The molecule has 182 valence electrons. The standard InChI is InChI=1S/C24H22IN3O6S/c1-4-33-23(29)20-14(2)26-24-27(9-10-35-24)21(20)16-11-18(25)22(19(12-16)32-3)34-13-15-5-7-17(8-6-15)28(30)31/h5-12,21H,4,13H2,1-3H3/t21-/m1/s1. The summed E-state index contributed by atoms with van der Waals surface area (Å²) in [5.74, 6) is 0.648. The molecule has 0 radical (unpaired) electrons. The van der Waals surface area contributed by atoms with Gasteiger partial charge in [0.1, 0.15) is 6.61 Å². The van der Waals surface area contributed by atoms with E-state index in [0.29, 0.717) is 22.8 Å². The molecule has 0 amide bonds. The first-order valence-electron chi connectivity index (χ1n) is 10.7. The fourth-order valence-corrected chi connectivity index (χ4v) is 5.38. The zero-order valence-electron chi connectivity index (χ0n) is 19.2. The van der Waals surface area contributed by atoms with Crippen LogP contribution >= 0.6 is 34.4 Å². The van der Waals surface area contributed by atoms with Crippen LogP contribution in [0.25, 0.3) is 0 Å². The smallest absolute Gasteiger partial charge is 0.338 e. The van der Waals surface area contributed by atoms with E-state index in [0.717, 1.165) is 19.9 Å². The zero-order chi connectivity index (χ0) is 25.1. The number of thioether (sulfide) groups is 1. The molecule has 2 aromatic carbocycles. The Hall–Kier alpha value is -3.06. The van der Waals surface area contributed by atoms with Crippen LogP contribution < -0.4 is 9.47 Å². The van der Waals surface area contributed by atoms with Crippen LogP contribution in [0, 0.1) is 13.7 Å². The summed E-state index contributed by atoms with van der Waals surface area (Å²) in [6.07, 6.45) is 1.90. The number of allylic oxidation sites excluding steroid dienone is 1. The Labute approximate surface area is 220 Å². The predicted octanol–water partition coefficient (Wildman–Crippen LogP) is 5.55. The second-order valence-corrected chi connectivity index (χ2v) is 9.61. The lowest BCUT2D eigenvalue weighted by molar-refractivity contribution is -0.384. The van der Waals surface area contributed by atoms with Crippen molar-refractivity contribution in [2.24, 2.45) is 4.99 Å². The molecule has 0 N–H and O–H groups in total. The van der Waals surface area contributed by atoms with E-state index in [9.17, 15) is 14.9 Å². The van der Waals surface area contributed by atoms with Crippen molar-refractivity contribution in [1.29, 1.82) is 0 Å². The number of carbonyl (C=O) groups is 1. The average Bonchev–Trinajstić information content (AvgIpc) is 3.30. The van der Waals surface area contributed by atoms with Gasteiger partial charge in [0, 0.05) is 18.3 Å². The van der Waals surface area contributed by atoms with Gasteiger partial charge in [-0.15, -0.1) is 0 Å². The largest absolute Gasteiger partial charge is 0.493 e. The van der Waals surface area contributed by atoms with Gasteiger partial charge in [0.05, 0.1) is 39.5 Å². The van der Waals surface area contributed by atoms with Gasteiger partial charge in [-0.25, -0.2) is 9.79 Å². The summed E-state index contributed by atoms with van der Waals surface area (Å²) >= 11 is 3.67. The van der Waals surface area contributed by atoms with Crippen molar-refractivity contribution >= 4 is 51.2 Å². The first-order valence-corrected chi connectivity index (χ1v) is 12.6. The summed E-state index contributed by atoms with van der Waals surface area (Å²) in [7, 11) is 1.56. The number of fused-ring (bicyclic) bond motifs is 1. The Bertz CT molecular complexity index is 1260. The van der Waals surface area contributed by atoms with Crippen LogP contribution in [0.3, 0.4) is 0 Å². The Kier molecular flexibility index (Phi) is 7.65. The van der Waals surface area contributed by atoms with Gasteiger partial charge in [0.25, 0.3) is 5.69 Å². The minimum absolute atomic E-state index is 0.0236. The van der Waals surface area contributed by atoms with E-state index in [1.165, 1.54) is 23.9 Å². The van der Waals surface area contributed by atoms with E-state index < -0.39 is 16.9 Å². The number of esters is 1. The number of benzene rings is 2. The quantitative estimate of drug-likeness (QED) is 0.167. The lowest BCUT2D eigenvalue weighted by Gasteiger charge is -2.33. The van der Waals surface area contributed by atoms with E-state index in [-0.39, 0.29) is 18.9 Å². The number of aliphatic imine (C=N–C) groups is 1. The number of methoxy groups -OCH3 is 1. The third kappa shape index (κ3) is 5.15. The highest BCUT2D eigenvalue weighted by molar-refractivity contribution is 14.1. The molecule has 1 atom stereocenters. The van der Waals surface area contributed by atoms with Crippen molar-refractivity contribution in [3.05, 3.63) is 84.1 Å². The normalized spacial score (nSPS) is 16.6. The van der Waals surface area contributed by atoms with Gasteiger partial charge in [-0.3, -0.25) is 10.1 Å². The van der Waals surface area contributed by atoms with Crippen molar-refractivity contribution in [3.8, 4) is 11.5 Å². The summed E-state index contributed by atoms with van der Waals surface area (Å²) in [4.78, 5) is 29.9. The Morgan fingerprint density at radius 3 is 2.69 bits per heavy atom. The first-order chi connectivity index (χ1) is 16.8. The second-order valence-electron chi connectivity index (χ2n) is 7.57. The summed E-state index contributed by atoms with van der Waals surface area (Å²) in [6.45, 7) is 4.06. The second kappa shape index (κ2) is 10.7. The average molecular weight is 607 g/mol. The van der Waals surface area contributed by atoms with Crippen LogP contribution in [0.1, 0.15) is 31.0 Å². The molecule has 4 rings (SSSR count). The number of hydrogen-bond acceptors (Lipinski definition) is 9. The van der Waals surface area contributed by atoms with Crippen molar-refractivity contribution in [3.63, 3.8) is 0 Å². The number of halogens is 1. The van der Waals surface area contributed by atoms with Gasteiger partial charge < -0.3 is 19.1 Å². The maximum absolute atomic E-state index is 12.9. The van der Waals surface area contributed by atoms with Crippen LogP contribution in [0.4, 0.5) is 5.69 Å². The topological polar surface area (TPSA) is 104 Å². The van der Waals surface area contributed by atoms with Crippen LogP contribution in [0.2, 0.25) is 0 Å². The van der Waals surface area contributed by atoms with Gasteiger partial charge in [-0.2, -0.15) is 0 Å². The number of nitrogens with zero attached hydrogens (tertiary/aromatic N) is 3. The molecule has 9 nitrogen and oxygen atoms in total. The molecule has 0 saturated carbocycles. The van der Waals surface area contributed by atoms with Crippen LogP contribution in [0.5, 0.6) is 11.5 Å². The molecule has 0 unspecified atom stereocenters. The third-order valence-electron chi connectivity index (χ3n) is 5.41. The monoisotopic (exact) mass is 607 g/mol. The highest BCUT2D eigenvalue weighted by Gasteiger charge is 2.38. The number of rotatable bonds is 8. The molecule has 0 aromatic heterocycles. The number of amidine groups is 1. The van der Waals surface area contributed by atoms with Crippen LogP contribution in [0.15, 0.2) is 64.3 Å². The molecule has 2 heterocycles. The van der Waals surface area contributed by atoms with Crippen molar-refractivity contribution < 1.29 is 23.9 Å². The lowest BCUT2D eigenvalue weighted by Crippen LogP contribution is -2.34. The number of non-ortho nitro benzene ring substituents is 1. The first kappa shape index (κ1) is 25.0. The zero-order valence-corrected chi connectivity index (χ0v) is 22.2. The predicted molar refractivity (Wildman–Crippen MR) is 141 cm³/mol. The van der Waals surface area contributed by atoms with Gasteiger partial charge in [-0.1, -0.05) is 11.8 Å². The minimum Gasteiger partial charge on any atom is -0.493 e. The molecule has 2 aliphatic rings. The third-order valence-corrected chi connectivity index (χ3v) is 6.99. The molecule has 0 saturated heterocycles. The molecular weight excluding hydrogens is 585 g/mol. The van der Waals surface area contributed by atoms with E-state index in [1.807, 2.05) is 35.6 Å². The van der Waals surface area contributed by atoms with Gasteiger partial charge >= 0.3 is 5.97 Å². The van der Waals surface area contributed by atoms with E-state index in [4.69, 9.17) is 14.2 Å². The Morgan fingerprint density at radius 1 is 1.29 bits per heavy atom. The number of ether oxygens (including phenoxy) is 3. The van der Waals surface area contributed by atoms with Gasteiger partial charge in [-0.05, 0) is 77.2 Å². The lowest BCUT2D eigenvalue weighted by atomic mass is 9.94. The van der Waals surface area contributed by atoms with Gasteiger partial charge in [0.15, 0.2) is 16.7 Å². The number of nitro groups is 1. The fourth-order valence-electron chi connectivity index (χ4n) is 3.81. The molecule has 2 aromatic rings. The van der Waals surface area contributed by atoms with Crippen molar-refractivity contribution in [2.45, 2.75) is 26.5 Å². The molecule has 0 bridgehead atoms. The van der Waals surface area contributed by atoms with E-state index in [1.54, 1.807) is 26.2 Å². The molecule has 35 heavy (non-hydrogen) atoms. The molecular formula is C24H22IN3O6S. The van der Waals surface area contributed by atoms with E-state index in [2.05, 4.69) is 27.6 Å². The van der Waals surface area contributed by atoms with Gasteiger partial charge in [0.2, 0.25) is 0 Å². The molecule has 11 heteroatoms. The SMILES string of the molecule is CCOC(=O)C1=C(C)N=C2SC=CN2[C@@H]1c1cc(I)c(OCc2ccc([N+](=O)[O-])cc2)c(OC)c1. The number of nitro benzene ring substituents is 1. The minimum atomic E-state index is -0.439. The molecule has 0 aliphatic carbocycles. The Balaban J connectivity index is 1.67. The number of carbonyl (C=O) groups excluding carboxylic acids is 1. The summed E-state index contributed by atoms with van der Waals surface area (Å²) < 4.78 is 17.8. The molecule has 0 fully saturated rings. The highest BCUT2D eigenvalue weighted by atomic mass is 127. The number of hydrogen-bond donors (Lipinski definition) is 0. The van der Waals surface area contributed by atoms with Crippen molar-refractivity contribution in [1.82, 2.24) is 4.90 Å². The fraction of sp³-hybridized carbons (Fsp3) is 0.250. The highest BCUT2D eigenvalue weighted by Crippen LogP contribution is 2.44. The maximum atomic E-state index is 12.9. The molecule has 0 spiro atoms.